The number of hydrogen-bond acceptors (Lipinski definition) is 6. The van der Waals surface area contributed by atoms with Crippen molar-refractivity contribution in [3.05, 3.63) is 10.1 Å². The lowest BCUT2D eigenvalue weighted by molar-refractivity contribution is -0.696. The lowest BCUT2D eigenvalue weighted by atomic mass is 11.4. The third kappa shape index (κ3) is 4.03. The lowest BCUT2D eigenvalue weighted by Gasteiger charge is -1.98. The highest BCUT2D eigenvalue weighted by molar-refractivity contribution is 7.80. The van der Waals surface area contributed by atoms with Crippen molar-refractivity contribution in [2.75, 3.05) is 0 Å². The normalized spacial score (nSPS) is 10.2. The molecule has 0 unspecified atom stereocenters. The van der Waals surface area contributed by atoms with Gasteiger partial charge in [0.05, 0.1) is 0 Å². The maximum absolute atomic E-state index is 9.74. The zero-order chi connectivity index (χ0) is 9.07. The molecular weight excluding hydrogens is 182 g/mol. The summed E-state index contributed by atoms with van der Waals surface area (Å²) in [7, 11) is -5.02. The van der Waals surface area contributed by atoms with Crippen LogP contribution < -0.4 is 0 Å². The van der Waals surface area contributed by atoms with E-state index in [1.54, 1.807) is 0 Å². The van der Waals surface area contributed by atoms with Gasteiger partial charge < -0.3 is 0 Å². The van der Waals surface area contributed by atoms with Crippen LogP contribution >= 0.6 is 0 Å². The molecule has 0 aliphatic heterocycles. The molecule has 0 saturated heterocycles. The van der Waals surface area contributed by atoms with Crippen molar-refractivity contribution < 1.29 is 22.3 Å². The van der Waals surface area contributed by atoms with Gasteiger partial charge in [-0.25, -0.2) is 10.1 Å². The zero-order valence-electron chi connectivity index (χ0n) is 4.74. The number of hydrogen-bond donors (Lipinski definition) is 1. The molecule has 0 atom stereocenters. The molecule has 9 nitrogen and oxygen atoms in total. The topological polar surface area (TPSA) is 134 Å². The van der Waals surface area contributed by atoms with Crippen LogP contribution in [0.15, 0.2) is 0 Å². The quantitative estimate of drug-likeness (QED) is 0.187. The van der Waals surface area contributed by atoms with Gasteiger partial charge >= 0.3 is 10.4 Å². The van der Waals surface area contributed by atoms with E-state index in [0.29, 0.717) is 0 Å². The highest BCUT2D eigenvalue weighted by Crippen LogP contribution is 1.93. The molecular formula is CHN3O6S. The standard InChI is InChI=1S/CHN3O6S/c2-1-3(4(5)6)10-11(7,8)9/h(H,7,8,9). The van der Waals surface area contributed by atoms with E-state index in [1.165, 1.54) is 0 Å². The molecule has 0 aliphatic rings. The van der Waals surface area contributed by atoms with E-state index < -0.39 is 20.6 Å². The summed E-state index contributed by atoms with van der Waals surface area (Å²) in [5.41, 5.74) is 0. The molecule has 0 bridgehead atoms. The summed E-state index contributed by atoms with van der Waals surface area (Å²) in [4.78, 5) is 9.62. The highest BCUT2D eigenvalue weighted by Gasteiger charge is 2.22. The Morgan fingerprint density at radius 3 is 2.27 bits per heavy atom. The average Bonchev–Trinajstić information content (AvgIpc) is 1.80. The molecule has 10 heteroatoms. The minimum atomic E-state index is -5.02. The first-order valence-electron chi connectivity index (χ1n) is 1.88. The monoisotopic (exact) mass is 183 g/mol. The van der Waals surface area contributed by atoms with Crippen LogP contribution in [-0.2, 0) is 14.7 Å². The molecule has 62 valence electrons. The minimum Gasteiger partial charge on any atom is -0.262 e. The van der Waals surface area contributed by atoms with Crippen LogP contribution in [0.1, 0.15) is 0 Å². The molecule has 1 N–H and O–H groups in total. The van der Waals surface area contributed by atoms with Crippen molar-refractivity contribution in [1.29, 1.82) is 5.26 Å². The molecule has 0 aromatic rings. The first-order valence-corrected chi connectivity index (χ1v) is 3.24. The average molecular weight is 183 g/mol. The van der Waals surface area contributed by atoms with Crippen molar-refractivity contribution in [2.24, 2.45) is 0 Å². The van der Waals surface area contributed by atoms with E-state index in [-0.39, 0.29) is 0 Å². The van der Waals surface area contributed by atoms with Crippen LogP contribution in [0, 0.1) is 21.6 Å². The molecule has 11 heavy (non-hydrogen) atoms. The first kappa shape index (κ1) is 9.56. The summed E-state index contributed by atoms with van der Waals surface area (Å²) in [6.07, 6.45) is 0.731. The van der Waals surface area contributed by atoms with Crippen molar-refractivity contribution in [2.45, 2.75) is 0 Å². The van der Waals surface area contributed by atoms with Crippen LogP contribution in [0.4, 0.5) is 0 Å². The summed E-state index contributed by atoms with van der Waals surface area (Å²) < 4.78 is 30.5. The largest absolute Gasteiger partial charge is 0.423 e. The third-order valence-corrected chi connectivity index (χ3v) is 0.728. The fourth-order valence-corrected chi connectivity index (χ4v) is 0.436. The van der Waals surface area contributed by atoms with Gasteiger partial charge in [0.2, 0.25) is 5.03 Å². The van der Waals surface area contributed by atoms with Gasteiger partial charge in [0, 0.05) is 0 Å². The van der Waals surface area contributed by atoms with E-state index in [2.05, 4.69) is 4.28 Å². The second-order valence-electron chi connectivity index (χ2n) is 1.11. The second-order valence-corrected chi connectivity index (χ2v) is 2.12. The number of nitro groups is 1. The Morgan fingerprint density at radius 1 is 1.73 bits per heavy atom. The predicted molar refractivity (Wildman–Crippen MR) is 27.1 cm³/mol. The van der Waals surface area contributed by atoms with Gasteiger partial charge in [0.15, 0.2) is 0 Å². The molecule has 0 aliphatic carbocycles. The van der Waals surface area contributed by atoms with Gasteiger partial charge in [-0.05, 0) is 0 Å². The summed E-state index contributed by atoms with van der Waals surface area (Å²) in [5.74, 6) is 0. The number of nitriles is 1. The Kier molecular flexibility index (Phi) is 2.70. The molecule has 0 saturated carbocycles. The van der Waals surface area contributed by atoms with Crippen LogP contribution in [0.5, 0.6) is 0 Å². The van der Waals surface area contributed by atoms with E-state index in [4.69, 9.17) is 9.81 Å². The first-order chi connectivity index (χ1) is 4.87. The number of rotatable bonds is 3. The molecule has 0 radical (unpaired) electrons. The Hall–Kier alpha value is -1.44. The summed E-state index contributed by atoms with van der Waals surface area (Å²) >= 11 is 0. The molecule has 0 fully saturated rings. The molecule has 0 spiro atoms. The van der Waals surface area contributed by atoms with Crippen LogP contribution in [0.2, 0.25) is 0 Å². The summed E-state index contributed by atoms with van der Waals surface area (Å²) in [6.45, 7) is 0. The molecule has 0 aromatic heterocycles. The summed E-state index contributed by atoms with van der Waals surface area (Å²) in [5, 5.41) is 15.1. The number of nitrogens with zero attached hydrogens (tertiary/aromatic N) is 3. The van der Waals surface area contributed by atoms with Crippen molar-refractivity contribution >= 4 is 10.4 Å². The van der Waals surface area contributed by atoms with Gasteiger partial charge in [-0.15, -0.1) is 0 Å². The van der Waals surface area contributed by atoms with E-state index in [9.17, 15) is 18.5 Å². The maximum atomic E-state index is 9.74. The van der Waals surface area contributed by atoms with Crippen molar-refractivity contribution in [3.8, 4) is 6.19 Å². The Balaban J connectivity index is 4.38. The van der Waals surface area contributed by atoms with Gasteiger partial charge in [-0.3, -0.25) is 4.55 Å². The lowest BCUT2D eigenvalue weighted by Crippen LogP contribution is -2.27. The maximum Gasteiger partial charge on any atom is 0.423 e. The highest BCUT2D eigenvalue weighted by atomic mass is 32.3. The van der Waals surface area contributed by atoms with Gasteiger partial charge in [0.1, 0.15) is 5.17 Å². The van der Waals surface area contributed by atoms with E-state index in [1.807, 2.05) is 0 Å². The molecule has 0 aromatic carbocycles. The fraction of sp³-hybridized carbons (Fsp3) is 0. The Labute approximate surface area is 60.4 Å². The van der Waals surface area contributed by atoms with Gasteiger partial charge in [0.25, 0.3) is 6.19 Å². The smallest absolute Gasteiger partial charge is 0.262 e. The minimum absolute atomic E-state index is 0.731. The van der Waals surface area contributed by atoms with Crippen molar-refractivity contribution in [3.63, 3.8) is 0 Å². The molecule has 0 heterocycles. The number of hydrazine groups is 1. The Bertz CT molecular complexity index is 285. The second kappa shape index (κ2) is 3.10. The molecule has 0 rings (SSSR count). The van der Waals surface area contributed by atoms with Crippen molar-refractivity contribution in [1.82, 2.24) is 5.17 Å². The van der Waals surface area contributed by atoms with E-state index >= 15 is 0 Å². The SMILES string of the molecule is N#CN(OS(=O)(=O)O)[N+](=O)[O-]. The van der Waals surface area contributed by atoms with Gasteiger partial charge in [-0.2, -0.15) is 13.7 Å². The van der Waals surface area contributed by atoms with Gasteiger partial charge in [-0.1, -0.05) is 4.28 Å². The van der Waals surface area contributed by atoms with Crippen LogP contribution in [-0.4, -0.2) is 23.2 Å². The summed E-state index contributed by atoms with van der Waals surface area (Å²) in [6, 6.07) is 0. The predicted octanol–water partition coefficient (Wildman–Crippen LogP) is -1.30. The van der Waals surface area contributed by atoms with E-state index in [0.717, 1.165) is 6.19 Å². The fourth-order valence-electron chi connectivity index (χ4n) is 0.170. The Morgan fingerprint density at radius 2 is 2.18 bits per heavy atom. The third-order valence-electron chi connectivity index (χ3n) is 0.399. The van der Waals surface area contributed by atoms with Crippen LogP contribution in [0.3, 0.4) is 0 Å². The van der Waals surface area contributed by atoms with Crippen LogP contribution in [0.25, 0.3) is 0 Å². The number of hydroxylamine groups is 1. The zero-order valence-corrected chi connectivity index (χ0v) is 5.55. The molecule has 0 amide bonds.